The highest BCUT2D eigenvalue weighted by molar-refractivity contribution is 7.17. The van der Waals surface area contributed by atoms with Crippen LogP contribution in [0.15, 0.2) is 47.8 Å². The van der Waals surface area contributed by atoms with E-state index in [0.29, 0.717) is 61.7 Å². The minimum absolute atomic E-state index is 0.0455. The summed E-state index contributed by atoms with van der Waals surface area (Å²) in [5.74, 6) is -1.83. The number of benzene rings is 2. The molecule has 6 rings (SSSR count). The number of Topliss-reactive ketones (excluding diaryl/α,β-unsaturated/α-hetero) is 1. The quantitative estimate of drug-likeness (QED) is 0.216. The molecule has 11 heteroatoms. The highest BCUT2D eigenvalue weighted by atomic mass is 35.5. The van der Waals surface area contributed by atoms with Crippen molar-refractivity contribution in [3.8, 4) is 0 Å². The van der Waals surface area contributed by atoms with E-state index in [2.05, 4.69) is 15.1 Å². The van der Waals surface area contributed by atoms with Crippen molar-refractivity contribution in [2.45, 2.75) is 89.9 Å². The monoisotopic (exact) mass is 695 g/mol. The van der Waals surface area contributed by atoms with Gasteiger partial charge in [0.1, 0.15) is 0 Å². The van der Waals surface area contributed by atoms with Gasteiger partial charge < -0.3 is 19.5 Å². The van der Waals surface area contributed by atoms with Crippen molar-refractivity contribution in [2.75, 3.05) is 38.1 Å². The molecule has 1 N–H and O–H groups in total. The number of ether oxygens (including phenoxy) is 3. The molecule has 1 aromatic heterocycles. The number of carbonyl (C=O) groups is 3. The molecule has 1 amide bonds. The lowest BCUT2D eigenvalue weighted by molar-refractivity contribution is -0.274. The van der Waals surface area contributed by atoms with Crippen molar-refractivity contribution >= 4 is 56.4 Å². The summed E-state index contributed by atoms with van der Waals surface area (Å²) < 4.78 is 19.6. The van der Waals surface area contributed by atoms with Gasteiger partial charge in [0.2, 0.25) is 5.85 Å². The smallest absolute Gasteiger partial charge is 0.308 e. The summed E-state index contributed by atoms with van der Waals surface area (Å²) in [7, 11) is 0. The second kappa shape index (κ2) is 15.4. The summed E-state index contributed by atoms with van der Waals surface area (Å²) in [4.78, 5) is 45.0. The normalized spacial score (nSPS) is 25.1. The molecule has 0 spiro atoms. The largest absolute Gasteiger partial charge is 0.466 e. The number of amides is 1. The first-order chi connectivity index (χ1) is 23.2. The first-order valence-electron chi connectivity index (χ1n) is 17.3. The first-order valence-corrected chi connectivity index (χ1v) is 18.5. The van der Waals surface area contributed by atoms with E-state index >= 15 is 0 Å². The van der Waals surface area contributed by atoms with E-state index in [-0.39, 0.29) is 48.3 Å². The number of morpholine rings is 1. The van der Waals surface area contributed by atoms with Gasteiger partial charge in [0.05, 0.1) is 47.1 Å². The van der Waals surface area contributed by atoms with Crippen LogP contribution in [0.3, 0.4) is 0 Å². The minimum Gasteiger partial charge on any atom is -0.466 e. The third-order valence-corrected chi connectivity index (χ3v) is 11.0. The van der Waals surface area contributed by atoms with Crippen LogP contribution in [0.4, 0.5) is 5.69 Å². The van der Waals surface area contributed by atoms with Crippen molar-refractivity contribution in [3.05, 3.63) is 64.0 Å². The van der Waals surface area contributed by atoms with Gasteiger partial charge in [-0.05, 0) is 83.1 Å². The number of halogens is 1. The number of ketones is 1. The first kappa shape index (κ1) is 35.0. The SMILES string of the molecule is CCOC(=O)C1CCC(OC(C(=O)Cc2ccc(NC(=O)c3csc4ccccc34)c(Cl)c2)(N2CCCC2)N2C[C@@H](C)O[C@@H](C)C2)CC1. The van der Waals surface area contributed by atoms with E-state index in [1.807, 2.05) is 56.5 Å². The molecule has 3 heterocycles. The number of nitrogens with zero attached hydrogens (tertiary/aromatic N) is 2. The highest BCUT2D eigenvalue weighted by Gasteiger charge is 2.54. The molecule has 1 saturated carbocycles. The number of esters is 1. The minimum atomic E-state index is -1.27. The van der Waals surface area contributed by atoms with Crippen molar-refractivity contribution in [1.82, 2.24) is 9.80 Å². The van der Waals surface area contributed by atoms with Crippen LogP contribution in [0.2, 0.25) is 5.02 Å². The third kappa shape index (κ3) is 7.49. The summed E-state index contributed by atoms with van der Waals surface area (Å²) >= 11 is 8.28. The fourth-order valence-electron chi connectivity index (χ4n) is 7.54. The Kier molecular flexibility index (Phi) is 11.2. The molecule has 1 unspecified atom stereocenters. The average Bonchev–Trinajstić information content (AvgIpc) is 3.76. The topological polar surface area (TPSA) is 97.4 Å². The molecule has 0 bridgehead atoms. The molecule has 3 aromatic rings. The van der Waals surface area contributed by atoms with Gasteiger partial charge in [-0.15, -0.1) is 11.3 Å². The van der Waals surface area contributed by atoms with Crippen LogP contribution in [0.1, 0.15) is 75.2 Å². The molecule has 48 heavy (non-hydrogen) atoms. The lowest BCUT2D eigenvalue weighted by Gasteiger charge is -2.52. The summed E-state index contributed by atoms with van der Waals surface area (Å²) in [6.07, 6.45) is 4.49. The molecule has 2 aliphatic heterocycles. The Morgan fingerprint density at radius 3 is 2.40 bits per heavy atom. The van der Waals surface area contributed by atoms with Gasteiger partial charge >= 0.3 is 5.97 Å². The fourth-order valence-corrected chi connectivity index (χ4v) is 8.73. The lowest BCUT2D eigenvalue weighted by Crippen LogP contribution is -2.71. The van der Waals surface area contributed by atoms with Crippen LogP contribution in [-0.2, 0) is 30.2 Å². The van der Waals surface area contributed by atoms with Gasteiger partial charge in [0.15, 0.2) is 5.78 Å². The molecule has 0 radical (unpaired) electrons. The molecule has 2 saturated heterocycles. The number of hydrogen-bond donors (Lipinski definition) is 1. The number of nitrogens with one attached hydrogen (secondary N) is 1. The van der Waals surface area contributed by atoms with Crippen LogP contribution in [-0.4, -0.2) is 84.4 Å². The Bertz CT molecular complexity index is 1610. The molecule has 3 fully saturated rings. The molecule has 258 valence electrons. The molecular weight excluding hydrogens is 650 g/mol. The van der Waals surface area contributed by atoms with Crippen LogP contribution in [0, 0.1) is 5.92 Å². The Hall–Kier alpha value is -2.86. The second-order valence-electron chi connectivity index (χ2n) is 13.3. The average molecular weight is 696 g/mol. The van der Waals surface area contributed by atoms with E-state index in [0.717, 1.165) is 41.6 Å². The molecule has 2 aromatic carbocycles. The second-order valence-corrected chi connectivity index (χ2v) is 14.6. The van der Waals surface area contributed by atoms with Crippen molar-refractivity contribution in [2.24, 2.45) is 5.92 Å². The van der Waals surface area contributed by atoms with Gasteiger partial charge in [0.25, 0.3) is 5.91 Å². The maximum Gasteiger partial charge on any atom is 0.308 e. The van der Waals surface area contributed by atoms with Gasteiger partial charge in [-0.2, -0.15) is 0 Å². The van der Waals surface area contributed by atoms with E-state index in [1.165, 1.54) is 11.3 Å². The number of rotatable bonds is 11. The predicted molar refractivity (Wildman–Crippen MR) is 189 cm³/mol. The predicted octanol–water partition coefficient (Wildman–Crippen LogP) is 6.92. The van der Waals surface area contributed by atoms with Crippen molar-refractivity contribution in [1.29, 1.82) is 0 Å². The zero-order valence-electron chi connectivity index (χ0n) is 28.0. The zero-order valence-corrected chi connectivity index (χ0v) is 29.6. The standard InChI is InChI=1S/C37H46ClN3O6S/c1-4-45-36(44)27-12-14-28(15-13-27)47-37(40-17-7-8-18-40,41-21-24(2)46-25(3)22-41)34(42)20-26-11-16-32(31(38)19-26)39-35(43)30-23-48-33-10-6-5-9-29(30)33/h5-6,9-11,16,19,23-25,27-28H,4,7-8,12-15,17-18,20-22H2,1-3H3,(H,39,43)/t24-,25+,27?,28?,37?. The van der Waals surface area contributed by atoms with Gasteiger partial charge in [-0.3, -0.25) is 24.2 Å². The van der Waals surface area contributed by atoms with E-state index in [4.69, 9.17) is 25.8 Å². The number of hydrogen-bond acceptors (Lipinski definition) is 9. The van der Waals surface area contributed by atoms with Gasteiger partial charge in [-0.25, -0.2) is 0 Å². The van der Waals surface area contributed by atoms with Gasteiger partial charge in [0, 0.05) is 48.1 Å². The fraction of sp³-hybridized carbons (Fsp3) is 0.541. The summed E-state index contributed by atoms with van der Waals surface area (Å²) in [5.41, 5.74) is 1.84. The number of carbonyl (C=O) groups excluding carboxylic acids is 3. The van der Waals surface area contributed by atoms with E-state index in [9.17, 15) is 14.4 Å². The van der Waals surface area contributed by atoms with Crippen LogP contribution in [0.5, 0.6) is 0 Å². The lowest BCUT2D eigenvalue weighted by atomic mass is 9.87. The zero-order chi connectivity index (χ0) is 33.8. The van der Waals surface area contributed by atoms with E-state index < -0.39 is 5.85 Å². The van der Waals surface area contributed by atoms with Crippen LogP contribution < -0.4 is 5.32 Å². The van der Waals surface area contributed by atoms with E-state index in [1.54, 1.807) is 12.1 Å². The van der Waals surface area contributed by atoms with Crippen molar-refractivity contribution < 1.29 is 28.6 Å². The molecule has 3 atom stereocenters. The highest BCUT2D eigenvalue weighted by Crippen LogP contribution is 2.38. The molecule has 9 nitrogen and oxygen atoms in total. The summed E-state index contributed by atoms with van der Waals surface area (Å²) in [5, 5.41) is 6.08. The van der Waals surface area contributed by atoms with Crippen LogP contribution in [0.25, 0.3) is 10.1 Å². The Morgan fingerprint density at radius 2 is 1.71 bits per heavy atom. The number of thiophene rings is 1. The number of likely N-dealkylation sites (tertiary alicyclic amines) is 1. The number of fused-ring (bicyclic) bond motifs is 1. The maximum absolute atomic E-state index is 14.9. The van der Waals surface area contributed by atoms with Gasteiger partial charge in [-0.1, -0.05) is 35.9 Å². The summed E-state index contributed by atoms with van der Waals surface area (Å²) in [6, 6.07) is 13.2. The Balaban J connectivity index is 1.24. The van der Waals surface area contributed by atoms with Crippen LogP contribution >= 0.6 is 22.9 Å². The molecule has 1 aliphatic carbocycles. The molecule has 3 aliphatic rings. The molecular formula is C37H46ClN3O6S. The Morgan fingerprint density at radius 1 is 1.00 bits per heavy atom. The Labute approximate surface area is 291 Å². The summed E-state index contributed by atoms with van der Waals surface area (Å²) in [6.45, 7) is 8.92. The third-order valence-electron chi connectivity index (χ3n) is 9.74. The maximum atomic E-state index is 14.9. The number of anilines is 1. The van der Waals surface area contributed by atoms with Crippen molar-refractivity contribution in [3.63, 3.8) is 0 Å².